The Labute approximate surface area is 196 Å². The first kappa shape index (κ1) is 26.2. The predicted molar refractivity (Wildman–Crippen MR) is 134 cm³/mol. The molecule has 2 aromatic rings. The summed E-state index contributed by atoms with van der Waals surface area (Å²) in [6.45, 7) is 13.5. The Morgan fingerprint density at radius 1 is 1.33 bits per heavy atom. The van der Waals surface area contributed by atoms with Crippen molar-refractivity contribution in [1.29, 1.82) is 5.26 Å². The number of hydrogen-bond donors (Lipinski definition) is 1. The number of hydrazone groups is 1. The minimum atomic E-state index is -3.60. The van der Waals surface area contributed by atoms with Gasteiger partial charge >= 0.3 is 0 Å². The summed E-state index contributed by atoms with van der Waals surface area (Å²) in [5.41, 5.74) is 2.71. The number of anilines is 2. The van der Waals surface area contributed by atoms with Gasteiger partial charge in [-0.2, -0.15) is 15.3 Å². The maximum atomic E-state index is 11.7. The fourth-order valence-electron chi connectivity index (χ4n) is 2.63. The molecule has 1 N–H and O–H groups in total. The molecule has 0 atom stereocenters. The Kier molecular flexibility index (Phi) is 8.87. The summed E-state index contributed by atoms with van der Waals surface area (Å²) >= 11 is 0. The second kappa shape index (κ2) is 11.2. The number of ether oxygens (including phenoxy) is 1. The van der Waals surface area contributed by atoms with Gasteiger partial charge in [0.05, 0.1) is 6.20 Å². The Bertz CT molecular complexity index is 1150. The first-order valence-electron chi connectivity index (χ1n) is 10.3. The molecule has 1 heterocycles. The Hall–Kier alpha value is -3.07. The highest BCUT2D eigenvalue weighted by atomic mass is 32.2. The summed E-state index contributed by atoms with van der Waals surface area (Å²) in [6, 6.07) is 10.5. The molecule has 0 spiro atoms. The van der Waals surface area contributed by atoms with Crippen LogP contribution in [0.5, 0.6) is 0 Å². The van der Waals surface area contributed by atoms with Gasteiger partial charge in [-0.15, -0.1) is 0 Å². The Morgan fingerprint density at radius 2 is 2.00 bits per heavy atom. The molecule has 0 fully saturated rings. The van der Waals surface area contributed by atoms with Gasteiger partial charge in [-0.1, -0.05) is 31.8 Å². The van der Waals surface area contributed by atoms with E-state index >= 15 is 0 Å². The van der Waals surface area contributed by atoms with E-state index in [0.717, 1.165) is 23.4 Å². The van der Waals surface area contributed by atoms with Crippen LogP contribution in [0.25, 0.3) is 5.57 Å². The zero-order valence-corrected chi connectivity index (χ0v) is 21.5. The van der Waals surface area contributed by atoms with Crippen molar-refractivity contribution in [3.63, 3.8) is 0 Å². The first-order valence-corrected chi connectivity index (χ1v) is 15.9. The third-order valence-corrected chi connectivity index (χ3v) is 7.13. The van der Waals surface area contributed by atoms with Crippen LogP contribution >= 0.6 is 0 Å². The van der Waals surface area contributed by atoms with Crippen LogP contribution in [0, 0.1) is 11.3 Å². The number of benzene rings is 1. The molecule has 9 nitrogen and oxygen atoms in total. The molecule has 0 aliphatic heterocycles. The van der Waals surface area contributed by atoms with Gasteiger partial charge in [0, 0.05) is 39.5 Å². The van der Waals surface area contributed by atoms with E-state index in [4.69, 9.17) is 4.74 Å². The predicted octanol–water partition coefficient (Wildman–Crippen LogP) is 4.09. The fraction of sp³-hybridized carbons (Fsp3) is 0.364. The quantitative estimate of drug-likeness (QED) is 0.126. The van der Waals surface area contributed by atoms with Crippen molar-refractivity contribution in [2.45, 2.75) is 37.8 Å². The van der Waals surface area contributed by atoms with Gasteiger partial charge in [0.25, 0.3) is 0 Å². The maximum Gasteiger partial charge on any atom is 0.248 e. The molecule has 0 saturated heterocycles. The monoisotopic (exact) mass is 486 g/mol. The van der Waals surface area contributed by atoms with E-state index in [9.17, 15) is 13.7 Å². The molecule has 0 saturated carbocycles. The Morgan fingerprint density at radius 3 is 2.55 bits per heavy atom. The SMILES string of the molecule is C=NN(/C=C(\C)c1ccc(Nc2nc(S(C)(=O)=O)ncc2C#N)cc1)COCC[Si](C)(C)C. The van der Waals surface area contributed by atoms with Gasteiger partial charge in [-0.3, -0.25) is 0 Å². The van der Waals surface area contributed by atoms with Crippen LogP contribution in [0.1, 0.15) is 18.1 Å². The summed E-state index contributed by atoms with van der Waals surface area (Å²) in [7, 11) is -4.74. The number of nitrogens with zero attached hydrogens (tertiary/aromatic N) is 5. The molecule has 0 radical (unpaired) electrons. The number of rotatable bonds is 11. The number of sulfone groups is 1. The van der Waals surface area contributed by atoms with Crippen molar-refractivity contribution in [3.05, 3.63) is 47.8 Å². The number of nitrogens with one attached hydrogen (secondary N) is 1. The molecule has 0 aliphatic rings. The number of hydrogen-bond acceptors (Lipinski definition) is 9. The third-order valence-electron chi connectivity index (χ3n) is 4.57. The van der Waals surface area contributed by atoms with Crippen LogP contribution in [0.3, 0.4) is 0 Å². The summed E-state index contributed by atoms with van der Waals surface area (Å²) in [5, 5.41) is 17.6. The summed E-state index contributed by atoms with van der Waals surface area (Å²) in [5.74, 6) is 0.130. The molecule has 11 heteroatoms. The van der Waals surface area contributed by atoms with Crippen molar-refractivity contribution in [1.82, 2.24) is 15.0 Å². The molecule has 0 unspecified atom stereocenters. The normalized spacial score (nSPS) is 12.2. The van der Waals surface area contributed by atoms with Crippen LogP contribution < -0.4 is 5.32 Å². The first-order chi connectivity index (χ1) is 15.4. The minimum Gasteiger partial charge on any atom is -0.360 e. The van der Waals surface area contributed by atoms with Gasteiger partial charge in [0.1, 0.15) is 18.4 Å². The fourth-order valence-corrected chi connectivity index (χ4v) is 3.89. The summed E-state index contributed by atoms with van der Waals surface area (Å²) in [4.78, 5) is 7.73. The van der Waals surface area contributed by atoms with Crippen LogP contribution in [-0.2, 0) is 14.6 Å². The largest absolute Gasteiger partial charge is 0.360 e. The van der Waals surface area contributed by atoms with E-state index < -0.39 is 17.9 Å². The van der Waals surface area contributed by atoms with Crippen molar-refractivity contribution in [2.24, 2.45) is 5.10 Å². The van der Waals surface area contributed by atoms with Gasteiger partial charge in [-0.05, 0) is 36.2 Å². The van der Waals surface area contributed by atoms with Crippen LogP contribution in [0.2, 0.25) is 25.7 Å². The zero-order chi connectivity index (χ0) is 24.6. The highest BCUT2D eigenvalue weighted by Crippen LogP contribution is 2.22. The lowest BCUT2D eigenvalue weighted by Gasteiger charge is -2.19. The zero-order valence-electron chi connectivity index (χ0n) is 19.7. The topological polar surface area (TPSA) is 121 Å². The lowest BCUT2D eigenvalue weighted by Crippen LogP contribution is -2.23. The van der Waals surface area contributed by atoms with E-state index in [1.807, 2.05) is 43.5 Å². The molecule has 2 rings (SSSR count). The highest BCUT2D eigenvalue weighted by molar-refractivity contribution is 7.90. The second-order valence-corrected chi connectivity index (χ2v) is 16.3. The lowest BCUT2D eigenvalue weighted by molar-refractivity contribution is 0.0645. The van der Waals surface area contributed by atoms with Crippen molar-refractivity contribution >= 4 is 41.7 Å². The molecule has 1 aromatic heterocycles. The highest BCUT2D eigenvalue weighted by Gasteiger charge is 2.15. The lowest BCUT2D eigenvalue weighted by atomic mass is 10.1. The van der Waals surface area contributed by atoms with E-state index in [1.54, 1.807) is 5.01 Å². The van der Waals surface area contributed by atoms with Gasteiger partial charge in [0.15, 0.2) is 5.82 Å². The second-order valence-electron chi connectivity index (χ2n) is 8.74. The van der Waals surface area contributed by atoms with Gasteiger partial charge in [-0.25, -0.2) is 18.4 Å². The van der Waals surface area contributed by atoms with Crippen LogP contribution in [0.15, 0.2) is 46.9 Å². The average Bonchev–Trinajstić information content (AvgIpc) is 2.74. The van der Waals surface area contributed by atoms with Crippen molar-refractivity contribution < 1.29 is 13.2 Å². The summed E-state index contributed by atoms with van der Waals surface area (Å²) in [6.07, 6.45) is 4.07. The third kappa shape index (κ3) is 8.41. The molecule has 33 heavy (non-hydrogen) atoms. The average molecular weight is 487 g/mol. The van der Waals surface area contributed by atoms with Crippen molar-refractivity contribution in [3.8, 4) is 6.07 Å². The molecule has 0 amide bonds. The molecule has 176 valence electrons. The van der Waals surface area contributed by atoms with Crippen LogP contribution in [0.4, 0.5) is 11.5 Å². The molecule has 0 bridgehead atoms. The van der Waals surface area contributed by atoms with Gasteiger partial charge < -0.3 is 10.1 Å². The molecular weight excluding hydrogens is 456 g/mol. The summed E-state index contributed by atoms with van der Waals surface area (Å²) < 4.78 is 29.2. The number of allylic oxidation sites excluding steroid dienone is 1. The standard InChI is InChI=1S/C22H30N6O3SSi/c1-17(15-28(24-2)16-31-11-12-33(4,5)6)18-7-9-20(10-8-18)26-21-19(13-23)14-25-22(27-21)32(3,29)30/h7-10,14-15H,2,11-12,16H2,1,3-6H3,(H,25,26,27)/b17-15+. The number of nitriles is 1. The maximum absolute atomic E-state index is 11.7. The van der Waals surface area contributed by atoms with Crippen LogP contribution in [-0.4, -0.2) is 57.8 Å². The smallest absolute Gasteiger partial charge is 0.248 e. The molecule has 0 aliphatic carbocycles. The van der Waals surface area contributed by atoms with E-state index in [2.05, 4.69) is 46.7 Å². The molecular formula is C22H30N6O3SSi. The van der Waals surface area contributed by atoms with Crippen molar-refractivity contribution in [2.75, 3.05) is 24.9 Å². The Balaban J connectivity index is 2.10. The molecule has 1 aromatic carbocycles. The van der Waals surface area contributed by atoms with E-state index in [-0.39, 0.29) is 16.5 Å². The minimum absolute atomic E-state index is 0.130. The van der Waals surface area contributed by atoms with E-state index in [1.165, 1.54) is 6.20 Å². The van der Waals surface area contributed by atoms with Gasteiger partial charge in [0.2, 0.25) is 15.0 Å². The number of aromatic nitrogens is 2. The van der Waals surface area contributed by atoms with E-state index in [0.29, 0.717) is 19.0 Å².